The van der Waals surface area contributed by atoms with Gasteiger partial charge in [0.25, 0.3) is 0 Å². The van der Waals surface area contributed by atoms with Gasteiger partial charge in [0.05, 0.1) is 6.61 Å². The molecule has 3 heteroatoms. The molecule has 0 saturated carbocycles. The molecule has 3 aromatic carbocycles. The van der Waals surface area contributed by atoms with E-state index in [1.165, 1.54) is 30.5 Å². The summed E-state index contributed by atoms with van der Waals surface area (Å²) in [5, 5.41) is 0. The Hall–Kier alpha value is -2.68. The standard InChI is InChI=1S/C28H32F2O/c1-3-5-7-9-21-10-12-22(13-11-21)25-19-28(30)26(20-27(25)29)23-14-16-24(17-15-23)31-18-8-6-4-2/h10-17,19-20H,3-9,18H2,1-2H3. The summed E-state index contributed by atoms with van der Waals surface area (Å²) in [6.45, 7) is 5.00. The Kier molecular flexibility index (Phi) is 8.63. The maximum Gasteiger partial charge on any atom is 0.131 e. The minimum absolute atomic E-state index is 0.259. The molecule has 0 heterocycles. The van der Waals surface area contributed by atoms with Gasteiger partial charge in [-0.25, -0.2) is 8.78 Å². The van der Waals surface area contributed by atoms with E-state index in [2.05, 4.69) is 13.8 Å². The van der Waals surface area contributed by atoms with Crippen molar-refractivity contribution in [3.05, 3.63) is 77.9 Å². The van der Waals surface area contributed by atoms with E-state index in [9.17, 15) is 8.78 Å². The van der Waals surface area contributed by atoms with Crippen molar-refractivity contribution in [1.29, 1.82) is 0 Å². The first-order valence-electron chi connectivity index (χ1n) is 11.4. The highest BCUT2D eigenvalue weighted by molar-refractivity contribution is 5.72. The molecular weight excluding hydrogens is 390 g/mol. The van der Waals surface area contributed by atoms with Crippen molar-refractivity contribution in [2.45, 2.75) is 58.8 Å². The van der Waals surface area contributed by atoms with Crippen LogP contribution in [0.1, 0.15) is 57.9 Å². The zero-order chi connectivity index (χ0) is 22.1. The number of hydrogen-bond donors (Lipinski definition) is 0. The number of hydrogen-bond acceptors (Lipinski definition) is 1. The average molecular weight is 423 g/mol. The molecule has 0 fully saturated rings. The summed E-state index contributed by atoms with van der Waals surface area (Å²) in [5.74, 6) is -0.105. The molecule has 0 spiro atoms. The molecule has 0 unspecified atom stereocenters. The van der Waals surface area contributed by atoms with E-state index < -0.39 is 11.6 Å². The average Bonchev–Trinajstić information content (AvgIpc) is 2.79. The van der Waals surface area contributed by atoms with Crippen LogP contribution in [0.15, 0.2) is 60.7 Å². The lowest BCUT2D eigenvalue weighted by Gasteiger charge is -2.11. The molecule has 3 aromatic rings. The van der Waals surface area contributed by atoms with Crippen LogP contribution in [0, 0.1) is 11.6 Å². The number of benzene rings is 3. The Bertz CT molecular complexity index is 946. The largest absolute Gasteiger partial charge is 0.494 e. The SMILES string of the molecule is CCCCCOc1ccc(-c2cc(F)c(-c3ccc(CCCCC)cc3)cc2F)cc1. The van der Waals surface area contributed by atoms with Crippen LogP contribution in [-0.4, -0.2) is 6.61 Å². The Labute approximate surface area is 185 Å². The van der Waals surface area contributed by atoms with Gasteiger partial charge in [-0.05, 0) is 60.2 Å². The molecule has 0 atom stereocenters. The van der Waals surface area contributed by atoms with E-state index in [1.54, 1.807) is 12.1 Å². The Balaban J connectivity index is 1.73. The highest BCUT2D eigenvalue weighted by Crippen LogP contribution is 2.32. The number of aryl methyl sites for hydroxylation is 1. The molecule has 164 valence electrons. The molecule has 0 N–H and O–H groups in total. The Morgan fingerprint density at radius 1 is 0.645 bits per heavy atom. The first-order valence-corrected chi connectivity index (χ1v) is 11.4. The predicted molar refractivity (Wildman–Crippen MR) is 125 cm³/mol. The van der Waals surface area contributed by atoms with Crippen molar-refractivity contribution in [2.24, 2.45) is 0 Å². The molecule has 3 rings (SSSR count). The van der Waals surface area contributed by atoms with Crippen LogP contribution in [0.5, 0.6) is 5.75 Å². The van der Waals surface area contributed by atoms with Gasteiger partial charge in [-0.2, -0.15) is 0 Å². The second-order valence-corrected chi connectivity index (χ2v) is 8.05. The summed E-state index contributed by atoms with van der Waals surface area (Å²) >= 11 is 0. The molecule has 31 heavy (non-hydrogen) atoms. The topological polar surface area (TPSA) is 9.23 Å². The van der Waals surface area contributed by atoms with E-state index in [0.717, 1.165) is 37.9 Å². The first-order chi connectivity index (χ1) is 15.1. The molecular formula is C28H32F2O. The highest BCUT2D eigenvalue weighted by atomic mass is 19.1. The van der Waals surface area contributed by atoms with Crippen LogP contribution < -0.4 is 4.74 Å². The van der Waals surface area contributed by atoms with Gasteiger partial charge >= 0.3 is 0 Å². The van der Waals surface area contributed by atoms with E-state index >= 15 is 0 Å². The molecule has 0 radical (unpaired) electrons. The fourth-order valence-electron chi connectivity index (χ4n) is 3.69. The lowest BCUT2D eigenvalue weighted by Crippen LogP contribution is -1.97. The van der Waals surface area contributed by atoms with Gasteiger partial charge in [0, 0.05) is 11.1 Å². The molecule has 0 amide bonds. The van der Waals surface area contributed by atoms with Crippen LogP contribution in [0.25, 0.3) is 22.3 Å². The number of unbranched alkanes of at least 4 members (excludes halogenated alkanes) is 4. The van der Waals surface area contributed by atoms with Gasteiger partial charge in [0.15, 0.2) is 0 Å². The molecule has 0 aliphatic rings. The third-order valence-corrected chi connectivity index (χ3v) is 5.57. The van der Waals surface area contributed by atoms with Crippen molar-refractivity contribution in [3.8, 4) is 28.0 Å². The summed E-state index contributed by atoms with van der Waals surface area (Å²) < 4.78 is 35.5. The molecule has 0 saturated heterocycles. The molecule has 1 nitrogen and oxygen atoms in total. The third kappa shape index (κ3) is 6.40. The van der Waals surface area contributed by atoms with Crippen LogP contribution in [0.4, 0.5) is 8.78 Å². The Morgan fingerprint density at radius 3 is 1.71 bits per heavy atom. The minimum atomic E-state index is -0.431. The van der Waals surface area contributed by atoms with Crippen LogP contribution in [0.3, 0.4) is 0 Å². The lowest BCUT2D eigenvalue weighted by atomic mass is 9.97. The number of rotatable bonds is 11. The van der Waals surface area contributed by atoms with E-state index in [4.69, 9.17) is 4.74 Å². The molecule has 0 bridgehead atoms. The molecule has 0 aromatic heterocycles. The maximum absolute atomic E-state index is 14.9. The van der Waals surface area contributed by atoms with Crippen molar-refractivity contribution in [3.63, 3.8) is 0 Å². The monoisotopic (exact) mass is 422 g/mol. The minimum Gasteiger partial charge on any atom is -0.494 e. The number of ether oxygens (including phenoxy) is 1. The van der Waals surface area contributed by atoms with Crippen molar-refractivity contribution in [2.75, 3.05) is 6.61 Å². The summed E-state index contributed by atoms with van der Waals surface area (Å²) in [6.07, 6.45) is 7.85. The van der Waals surface area contributed by atoms with Gasteiger partial charge in [-0.1, -0.05) is 75.9 Å². The summed E-state index contributed by atoms with van der Waals surface area (Å²) in [7, 11) is 0. The van der Waals surface area contributed by atoms with Gasteiger partial charge in [-0.15, -0.1) is 0 Å². The van der Waals surface area contributed by atoms with Crippen LogP contribution >= 0.6 is 0 Å². The second kappa shape index (κ2) is 11.6. The first kappa shape index (κ1) is 23.0. The highest BCUT2D eigenvalue weighted by Gasteiger charge is 2.13. The van der Waals surface area contributed by atoms with Crippen LogP contribution in [-0.2, 0) is 6.42 Å². The van der Waals surface area contributed by atoms with E-state index in [1.807, 2.05) is 36.4 Å². The lowest BCUT2D eigenvalue weighted by molar-refractivity contribution is 0.306. The van der Waals surface area contributed by atoms with E-state index in [-0.39, 0.29) is 11.1 Å². The fraction of sp³-hybridized carbons (Fsp3) is 0.357. The zero-order valence-corrected chi connectivity index (χ0v) is 18.6. The van der Waals surface area contributed by atoms with Crippen molar-refractivity contribution >= 4 is 0 Å². The van der Waals surface area contributed by atoms with Gasteiger partial charge < -0.3 is 4.74 Å². The summed E-state index contributed by atoms with van der Waals surface area (Å²) in [4.78, 5) is 0. The fourth-order valence-corrected chi connectivity index (χ4v) is 3.69. The van der Waals surface area contributed by atoms with Crippen molar-refractivity contribution < 1.29 is 13.5 Å². The summed E-state index contributed by atoms with van der Waals surface area (Å²) in [5.41, 5.74) is 3.10. The van der Waals surface area contributed by atoms with Crippen molar-refractivity contribution in [1.82, 2.24) is 0 Å². The Morgan fingerprint density at radius 2 is 1.16 bits per heavy atom. The second-order valence-electron chi connectivity index (χ2n) is 8.05. The van der Waals surface area contributed by atoms with E-state index in [0.29, 0.717) is 17.7 Å². The van der Waals surface area contributed by atoms with Gasteiger partial charge in [-0.3, -0.25) is 0 Å². The van der Waals surface area contributed by atoms with Gasteiger partial charge in [0.1, 0.15) is 17.4 Å². The predicted octanol–water partition coefficient (Wildman–Crippen LogP) is 8.60. The normalized spacial score (nSPS) is 11.0. The smallest absolute Gasteiger partial charge is 0.131 e. The molecule has 0 aliphatic heterocycles. The third-order valence-electron chi connectivity index (χ3n) is 5.57. The van der Waals surface area contributed by atoms with Crippen LogP contribution in [0.2, 0.25) is 0 Å². The maximum atomic E-state index is 14.9. The quantitative estimate of drug-likeness (QED) is 0.281. The summed E-state index contributed by atoms with van der Waals surface area (Å²) in [6, 6.07) is 17.5. The van der Waals surface area contributed by atoms with Gasteiger partial charge in [0.2, 0.25) is 0 Å². The zero-order valence-electron chi connectivity index (χ0n) is 18.6. The number of halogens is 2. The molecule has 0 aliphatic carbocycles.